The van der Waals surface area contributed by atoms with Crippen molar-refractivity contribution in [1.82, 2.24) is 5.32 Å². The van der Waals surface area contributed by atoms with Gasteiger partial charge in [0.1, 0.15) is 5.60 Å². The van der Waals surface area contributed by atoms with Crippen molar-refractivity contribution in [3.63, 3.8) is 0 Å². The van der Waals surface area contributed by atoms with Gasteiger partial charge in [-0.05, 0) is 34.1 Å². The molecule has 0 bridgehead atoms. The maximum atomic E-state index is 11.9. The third-order valence-corrected chi connectivity index (χ3v) is 1.62. The predicted molar refractivity (Wildman–Crippen MR) is 54.1 cm³/mol. The van der Waals surface area contributed by atoms with E-state index in [1.807, 2.05) is 0 Å². The largest absolute Gasteiger partial charge is 0.444 e. The zero-order valence-corrected chi connectivity index (χ0v) is 9.94. The van der Waals surface area contributed by atoms with Crippen LogP contribution in [0.25, 0.3) is 0 Å². The molecule has 0 spiro atoms. The molecule has 1 unspecified atom stereocenters. The van der Waals surface area contributed by atoms with Gasteiger partial charge in [0, 0.05) is 12.5 Å². The van der Waals surface area contributed by atoms with Crippen LogP contribution in [0.4, 0.5) is 18.0 Å². The van der Waals surface area contributed by atoms with Crippen LogP contribution in [-0.2, 0) is 4.74 Å². The lowest BCUT2D eigenvalue weighted by molar-refractivity contribution is -0.136. The summed E-state index contributed by atoms with van der Waals surface area (Å²) < 4.78 is 40.6. The van der Waals surface area contributed by atoms with Crippen LogP contribution in [0.5, 0.6) is 0 Å². The average Bonchev–Trinajstić information content (AvgIpc) is 1.95. The predicted octanol–water partition coefficient (Wildman–Crippen LogP) is 3.24. The molecule has 0 fully saturated rings. The van der Waals surface area contributed by atoms with E-state index >= 15 is 0 Å². The Labute approximate surface area is 93.3 Å². The molecule has 96 valence electrons. The summed E-state index contributed by atoms with van der Waals surface area (Å²) in [7, 11) is 0. The fourth-order valence-corrected chi connectivity index (χ4v) is 0.961. The van der Waals surface area contributed by atoms with E-state index < -0.39 is 30.3 Å². The summed E-state index contributed by atoms with van der Waals surface area (Å²) in [5.41, 5.74) is -0.645. The van der Waals surface area contributed by atoms with E-state index in [2.05, 4.69) is 5.32 Å². The van der Waals surface area contributed by atoms with E-state index in [9.17, 15) is 18.0 Å². The van der Waals surface area contributed by atoms with Gasteiger partial charge in [0.25, 0.3) is 0 Å². The lowest BCUT2D eigenvalue weighted by atomic mass is 10.2. The molecule has 3 nitrogen and oxygen atoms in total. The number of hydrogen-bond donors (Lipinski definition) is 1. The molecule has 6 heteroatoms. The number of nitrogens with one attached hydrogen (secondary N) is 1. The van der Waals surface area contributed by atoms with Gasteiger partial charge >= 0.3 is 12.3 Å². The van der Waals surface area contributed by atoms with Gasteiger partial charge in [0.15, 0.2) is 0 Å². The quantitative estimate of drug-likeness (QED) is 0.823. The molecule has 0 aliphatic rings. The molecule has 1 atom stereocenters. The first-order chi connectivity index (χ1) is 6.99. The Bertz CT molecular complexity index is 233. The van der Waals surface area contributed by atoms with E-state index in [1.54, 1.807) is 20.8 Å². The van der Waals surface area contributed by atoms with Crippen LogP contribution in [0, 0.1) is 0 Å². The summed E-state index contributed by atoms with van der Waals surface area (Å²) in [6.07, 6.45) is -5.95. The van der Waals surface area contributed by atoms with Gasteiger partial charge < -0.3 is 10.1 Å². The standard InChI is InChI=1S/C10H18F3NO2/c1-7(5-6-10(11,12)13)14-8(15)16-9(2,3)4/h7H,5-6H2,1-4H3,(H,14,15). The monoisotopic (exact) mass is 241 g/mol. The highest BCUT2D eigenvalue weighted by atomic mass is 19.4. The third-order valence-electron chi connectivity index (χ3n) is 1.62. The maximum Gasteiger partial charge on any atom is 0.407 e. The molecule has 0 heterocycles. The number of rotatable bonds is 3. The third kappa shape index (κ3) is 9.61. The Hall–Kier alpha value is -0.940. The summed E-state index contributed by atoms with van der Waals surface area (Å²) in [5.74, 6) is 0. The Morgan fingerprint density at radius 3 is 2.19 bits per heavy atom. The van der Waals surface area contributed by atoms with Crippen molar-refractivity contribution in [3.05, 3.63) is 0 Å². The summed E-state index contributed by atoms with van der Waals surface area (Å²) >= 11 is 0. The number of alkyl carbamates (subject to hydrolysis) is 1. The van der Waals surface area contributed by atoms with E-state index in [0.29, 0.717) is 0 Å². The number of amides is 1. The van der Waals surface area contributed by atoms with Gasteiger partial charge in [-0.1, -0.05) is 0 Å². The molecular weight excluding hydrogens is 223 g/mol. The van der Waals surface area contributed by atoms with E-state index in [0.717, 1.165) is 0 Å². The van der Waals surface area contributed by atoms with Gasteiger partial charge in [0.2, 0.25) is 0 Å². The summed E-state index contributed by atoms with van der Waals surface area (Å²) in [6.45, 7) is 6.57. The normalized spacial score (nSPS) is 14.4. The van der Waals surface area contributed by atoms with E-state index in [1.165, 1.54) is 6.92 Å². The molecule has 0 aromatic heterocycles. The molecule has 0 aliphatic heterocycles. The molecular formula is C10H18F3NO2. The highest BCUT2D eigenvalue weighted by Gasteiger charge is 2.28. The zero-order valence-electron chi connectivity index (χ0n) is 9.94. The number of halogens is 3. The van der Waals surface area contributed by atoms with Gasteiger partial charge in [-0.25, -0.2) is 4.79 Å². The van der Waals surface area contributed by atoms with Crippen molar-refractivity contribution in [1.29, 1.82) is 0 Å². The number of carbonyl (C=O) groups excluding carboxylic acids is 1. The van der Waals surface area contributed by atoms with Gasteiger partial charge in [-0.15, -0.1) is 0 Å². The van der Waals surface area contributed by atoms with Crippen LogP contribution in [0.3, 0.4) is 0 Å². The minimum Gasteiger partial charge on any atom is -0.444 e. The van der Waals surface area contributed by atoms with Gasteiger partial charge in [0.05, 0.1) is 0 Å². The molecule has 0 saturated heterocycles. The number of ether oxygens (including phenoxy) is 1. The fraction of sp³-hybridized carbons (Fsp3) is 0.900. The van der Waals surface area contributed by atoms with Crippen LogP contribution in [-0.4, -0.2) is 23.9 Å². The fourth-order valence-electron chi connectivity index (χ4n) is 0.961. The molecule has 16 heavy (non-hydrogen) atoms. The molecule has 0 aromatic carbocycles. The maximum absolute atomic E-state index is 11.9. The minimum absolute atomic E-state index is 0.150. The number of alkyl halides is 3. The topological polar surface area (TPSA) is 38.3 Å². The number of carbonyl (C=O) groups is 1. The Balaban J connectivity index is 3.88. The second-order valence-electron chi connectivity index (χ2n) is 4.70. The van der Waals surface area contributed by atoms with Crippen molar-refractivity contribution >= 4 is 6.09 Å². The molecule has 1 N–H and O–H groups in total. The SMILES string of the molecule is CC(CCC(F)(F)F)NC(=O)OC(C)(C)C. The van der Waals surface area contributed by atoms with Gasteiger partial charge in [-0.3, -0.25) is 0 Å². The highest BCUT2D eigenvalue weighted by molar-refractivity contribution is 5.67. The average molecular weight is 241 g/mol. The van der Waals surface area contributed by atoms with E-state index in [-0.39, 0.29) is 6.42 Å². The van der Waals surface area contributed by atoms with Crippen LogP contribution < -0.4 is 5.32 Å². The van der Waals surface area contributed by atoms with Crippen LogP contribution >= 0.6 is 0 Å². The first-order valence-electron chi connectivity index (χ1n) is 5.06. The number of hydrogen-bond acceptors (Lipinski definition) is 2. The molecule has 0 aromatic rings. The lowest BCUT2D eigenvalue weighted by Crippen LogP contribution is -2.38. The Morgan fingerprint density at radius 1 is 1.31 bits per heavy atom. The molecule has 1 amide bonds. The van der Waals surface area contributed by atoms with Crippen molar-refractivity contribution < 1.29 is 22.7 Å². The van der Waals surface area contributed by atoms with Crippen molar-refractivity contribution in [2.75, 3.05) is 0 Å². The van der Waals surface area contributed by atoms with Crippen LogP contribution in [0.2, 0.25) is 0 Å². The van der Waals surface area contributed by atoms with Crippen LogP contribution in [0.15, 0.2) is 0 Å². The lowest BCUT2D eigenvalue weighted by Gasteiger charge is -2.22. The first kappa shape index (κ1) is 15.1. The van der Waals surface area contributed by atoms with Gasteiger partial charge in [-0.2, -0.15) is 13.2 Å². The smallest absolute Gasteiger partial charge is 0.407 e. The Kier molecular flexibility index (Phi) is 5.09. The van der Waals surface area contributed by atoms with Crippen molar-refractivity contribution in [3.8, 4) is 0 Å². The van der Waals surface area contributed by atoms with Crippen LogP contribution in [0.1, 0.15) is 40.5 Å². The van der Waals surface area contributed by atoms with E-state index in [4.69, 9.17) is 4.74 Å². The molecule has 0 saturated carbocycles. The van der Waals surface area contributed by atoms with Crippen molar-refractivity contribution in [2.45, 2.75) is 58.4 Å². The second kappa shape index (κ2) is 5.41. The Morgan fingerprint density at radius 2 is 1.81 bits per heavy atom. The first-order valence-corrected chi connectivity index (χ1v) is 5.06. The molecule has 0 rings (SSSR count). The molecule has 0 radical (unpaired) electrons. The summed E-state index contributed by atoms with van der Waals surface area (Å²) in [5, 5.41) is 2.35. The zero-order chi connectivity index (χ0) is 13.0. The minimum atomic E-state index is -4.19. The van der Waals surface area contributed by atoms with Crippen molar-refractivity contribution in [2.24, 2.45) is 0 Å². The molecule has 0 aliphatic carbocycles. The highest BCUT2D eigenvalue weighted by Crippen LogP contribution is 2.22. The second-order valence-corrected chi connectivity index (χ2v) is 4.70. The summed E-state index contributed by atoms with van der Waals surface area (Å²) in [6, 6.07) is -0.559. The summed E-state index contributed by atoms with van der Waals surface area (Å²) in [4.78, 5) is 11.2.